The molecule has 1 N–H and O–H groups in total. The summed E-state index contributed by atoms with van der Waals surface area (Å²) in [5, 5.41) is 3.20. The minimum atomic E-state index is 0.0307. The summed E-state index contributed by atoms with van der Waals surface area (Å²) < 4.78 is 5.39. The minimum Gasteiger partial charge on any atom is -0.378 e. The molecule has 0 amide bonds. The first-order valence-electron chi connectivity index (χ1n) is 3.81. The summed E-state index contributed by atoms with van der Waals surface area (Å²) in [4.78, 5) is 2.05. The second-order valence-corrected chi connectivity index (χ2v) is 3.09. The summed E-state index contributed by atoms with van der Waals surface area (Å²) in [5.74, 6) is 0. The molecule has 1 aliphatic heterocycles. The Balaban J connectivity index is 2.37. The molecular weight excluding hydrogens is 140 g/mol. The van der Waals surface area contributed by atoms with Crippen LogP contribution in [0.25, 0.3) is 0 Å². The topological polar surface area (TPSA) is 24.5 Å². The largest absolute Gasteiger partial charge is 0.378 e. The molecule has 1 heterocycles. The van der Waals surface area contributed by atoms with Gasteiger partial charge in [0.05, 0.1) is 0 Å². The molecule has 0 atom stereocenters. The summed E-state index contributed by atoms with van der Waals surface area (Å²) in [6.45, 7) is 6.50. The first-order valence-corrected chi connectivity index (χ1v) is 3.81. The molecule has 11 heavy (non-hydrogen) atoms. The van der Waals surface area contributed by atoms with E-state index in [2.05, 4.69) is 11.9 Å². The number of nitrogens with one attached hydrogen (secondary N) is 1. The van der Waals surface area contributed by atoms with E-state index < -0.39 is 0 Å². The summed E-state index contributed by atoms with van der Waals surface area (Å²) in [7, 11) is 3.77. The van der Waals surface area contributed by atoms with Crippen molar-refractivity contribution in [3.63, 3.8) is 0 Å². The van der Waals surface area contributed by atoms with Crippen molar-refractivity contribution in [2.45, 2.75) is 5.60 Å². The molecule has 0 unspecified atom stereocenters. The predicted octanol–water partition coefficient (Wildman–Crippen LogP) is 0.0501. The zero-order valence-electron chi connectivity index (χ0n) is 7.26. The van der Waals surface area contributed by atoms with Crippen molar-refractivity contribution >= 4 is 0 Å². The highest BCUT2D eigenvalue weighted by molar-refractivity contribution is 4.97. The Kier molecular flexibility index (Phi) is 2.52. The molecule has 1 saturated heterocycles. The fourth-order valence-corrected chi connectivity index (χ4v) is 1.24. The first kappa shape index (κ1) is 8.56. The smallest absolute Gasteiger partial charge is 0.110 e. The van der Waals surface area contributed by atoms with Crippen LogP contribution in [0.2, 0.25) is 0 Å². The molecule has 0 aromatic heterocycles. The van der Waals surface area contributed by atoms with Crippen LogP contribution in [0.1, 0.15) is 0 Å². The molecule has 0 aromatic rings. The third kappa shape index (κ3) is 1.73. The van der Waals surface area contributed by atoms with E-state index in [9.17, 15) is 0 Å². The molecule has 0 radical (unpaired) electrons. The van der Waals surface area contributed by atoms with Gasteiger partial charge in [-0.2, -0.15) is 0 Å². The van der Waals surface area contributed by atoms with E-state index in [4.69, 9.17) is 4.74 Å². The Morgan fingerprint density at radius 1 is 1.73 bits per heavy atom. The summed E-state index contributed by atoms with van der Waals surface area (Å²) in [6.07, 6.45) is 1.82. The molecule has 0 aromatic carbocycles. The average molecular weight is 156 g/mol. The fourth-order valence-electron chi connectivity index (χ4n) is 1.24. The highest BCUT2D eigenvalue weighted by Gasteiger charge is 2.37. The van der Waals surface area contributed by atoms with Crippen LogP contribution in [0, 0.1) is 0 Å². The molecular formula is C8H16N2O. The predicted molar refractivity (Wildman–Crippen MR) is 45.4 cm³/mol. The van der Waals surface area contributed by atoms with Crippen molar-refractivity contribution in [3.8, 4) is 0 Å². The van der Waals surface area contributed by atoms with Crippen molar-refractivity contribution in [1.29, 1.82) is 0 Å². The van der Waals surface area contributed by atoms with Crippen LogP contribution in [-0.2, 0) is 4.74 Å². The molecule has 1 fully saturated rings. The van der Waals surface area contributed by atoms with Gasteiger partial charge in [0.1, 0.15) is 5.60 Å². The Morgan fingerprint density at radius 2 is 2.36 bits per heavy atom. The first-order chi connectivity index (χ1) is 5.22. The van der Waals surface area contributed by atoms with E-state index in [-0.39, 0.29) is 5.60 Å². The van der Waals surface area contributed by atoms with Crippen molar-refractivity contribution in [2.75, 3.05) is 33.8 Å². The van der Waals surface area contributed by atoms with Crippen molar-refractivity contribution in [1.82, 2.24) is 10.2 Å². The lowest BCUT2D eigenvalue weighted by Crippen LogP contribution is -2.64. The second kappa shape index (κ2) is 3.24. The highest BCUT2D eigenvalue weighted by atomic mass is 16.5. The van der Waals surface area contributed by atoms with Gasteiger partial charge in [-0.1, -0.05) is 6.58 Å². The van der Waals surface area contributed by atoms with Gasteiger partial charge in [-0.25, -0.2) is 0 Å². The van der Waals surface area contributed by atoms with Crippen molar-refractivity contribution in [2.24, 2.45) is 0 Å². The SMILES string of the molecule is C=CN(C)CC1(OC)CNC1. The quantitative estimate of drug-likeness (QED) is 0.622. The van der Waals surface area contributed by atoms with Gasteiger partial charge in [0.2, 0.25) is 0 Å². The molecule has 0 aliphatic carbocycles. The van der Waals surface area contributed by atoms with Gasteiger partial charge in [0.15, 0.2) is 0 Å². The van der Waals surface area contributed by atoms with E-state index in [1.807, 2.05) is 18.1 Å². The maximum Gasteiger partial charge on any atom is 0.110 e. The maximum absolute atomic E-state index is 5.39. The van der Waals surface area contributed by atoms with Gasteiger partial charge in [0, 0.05) is 33.8 Å². The lowest BCUT2D eigenvalue weighted by molar-refractivity contribution is -0.0626. The van der Waals surface area contributed by atoms with E-state index in [0.29, 0.717) is 0 Å². The number of methoxy groups -OCH3 is 1. The summed E-state index contributed by atoms with van der Waals surface area (Å²) in [5.41, 5.74) is 0.0307. The lowest BCUT2D eigenvalue weighted by Gasteiger charge is -2.43. The van der Waals surface area contributed by atoms with Gasteiger partial charge in [-0.3, -0.25) is 0 Å². The highest BCUT2D eigenvalue weighted by Crippen LogP contribution is 2.16. The fraction of sp³-hybridized carbons (Fsp3) is 0.750. The van der Waals surface area contributed by atoms with E-state index in [1.54, 1.807) is 7.11 Å². The number of rotatable bonds is 4. The number of likely N-dealkylation sites (N-methyl/N-ethyl adjacent to an activating group) is 1. The molecule has 3 heteroatoms. The summed E-state index contributed by atoms with van der Waals surface area (Å²) >= 11 is 0. The Labute approximate surface area is 68.0 Å². The zero-order chi connectivity index (χ0) is 8.32. The van der Waals surface area contributed by atoms with Crippen LogP contribution < -0.4 is 5.32 Å². The van der Waals surface area contributed by atoms with Gasteiger partial charge in [-0.15, -0.1) is 0 Å². The van der Waals surface area contributed by atoms with Crippen LogP contribution in [0.4, 0.5) is 0 Å². The second-order valence-electron chi connectivity index (χ2n) is 3.09. The van der Waals surface area contributed by atoms with E-state index in [0.717, 1.165) is 19.6 Å². The Bertz CT molecular complexity index is 138. The lowest BCUT2D eigenvalue weighted by atomic mass is 9.96. The Hall–Kier alpha value is -0.540. The Morgan fingerprint density at radius 3 is 2.64 bits per heavy atom. The molecule has 3 nitrogen and oxygen atoms in total. The van der Waals surface area contributed by atoms with Gasteiger partial charge >= 0.3 is 0 Å². The third-order valence-electron chi connectivity index (χ3n) is 2.18. The van der Waals surface area contributed by atoms with Crippen molar-refractivity contribution in [3.05, 3.63) is 12.8 Å². The van der Waals surface area contributed by atoms with Gasteiger partial charge in [0.25, 0.3) is 0 Å². The van der Waals surface area contributed by atoms with Crippen LogP contribution in [-0.4, -0.2) is 44.3 Å². The normalized spacial score (nSPS) is 20.5. The molecule has 1 aliphatic rings. The number of hydrogen-bond acceptors (Lipinski definition) is 3. The third-order valence-corrected chi connectivity index (χ3v) is 2.18. The monoisotopic (exact) mass is 156 g/mol. The van der Waals surface area contributed by atoms with Crippen LogP contribution >= 0.6 is 0 Å². The van der Waals surface area contributed by atoms with E-state index in [1.165, 1.54) is 0 Å². The van der Waals surface area contributed by atoms with Gasteiger partial charge < -0.3 is 15.0 Å². The van der Waals surface area contributed by atoms with Crippen LogP contribution in [0.15, 0.2) is 12.8 Å². The molecule has 64 valence electrons. The van der Waals surface area contributed by atoms with Crippen molar-refractivity contribution < 1.29 is 4.74 Å². The standard InChI is InChI=1S/C8H16N2O/c1-4-10(2)7-8(11-3)5-9-6-8/h4,9H,1,5-7H2,2-3H3. The van der Waals surface area contributed by atoms with E-state index >= 15 is 0 Å². The molecule has 0 spiro atoms. The van der Waals surface area contributed by atoms with Gasteiger partial charge in [-0.05, 0) is 6.20 Å². The number of hydrogen-bond donors (Lipinski definition) is 1. The number of nitrogens with zero attached hydrogens (tertiary/aromatic N) is 1. The minimum absolute atomic E-state index is 0.0307. The van der Waals surface area contributed by atoms with Crippen LogP contribution in [0.3, 0.4) is 0 Å². The maximum atomic E-state index is 5.39. The summed E-state index contributed by atoms with van der Waals surface area (Å²) in [6, 6.07) is 0. The molecule has 0 saturated carbocycles. The molecule has 1 rings (SSSR count). The number of ether oxygens (including phenoxy) is 1. The van der Waals surface area contributed by atoms with Crippen LogP contribution in [0.5, 0.6) is 0 Å². The molecule has 0 bridgehead atoms. The average Bonchev–Trinajstić information content (AvgIpc) is 1.96. The zero-order valence-corrected chi connectivity index (χ0v) is 7.26.